The zero-order chi connectivity index (χ0) is 21.9. The molecule has 1 aliphatic rings. The molecule has 1 fully saturated rings. The van der Waals surface area contributed by atoms with Gasteiger partial charge in [-0.15, -0.1) is 0 Å². The minimum atomic E-state index is -4.46. The molecule has 1 saturated heterocycles. The Labute approximate surface area is 181 Å². The maximum Gasteiger partial charge on any atom is 0.417 e. The molecule has 30 heavy (non-hydrogen) atoms. The average Bonchev–Trinajstić information content (AvgIpc) is 2.72. The number of halogens is 4. The van der Waals surface area contributed by atoms with Gasteiger partial charge in [0, 0.05) is 32.4 Å². The van der Waals surface area contributed by atoms with Crippen LogP contribution in [0.2, 0.25) is 5.02 Å². The number of amides is 1. The summed E-state index contributed by atoms with van der Waals surface area (Å²) in [6, 6.07) is 8.29. The quantitative estimate of drug-likeness (QED) is 0.615. The van der Waals surface area contributed by atoms with Crippen LogP contribution in [-0.4, -0.2) is 60.4 Å². The Morgan fingerprint density at radius 1 is 1.10 bits per heavy atom. The van der Waals surface area contributed by atoms with Gasteiger partial charge < -0.3 is 4.90 Å². The highest BCUT2D eigenvalue weighted by atomic mass is 35.5. The summed E-state index contributed by atoms with van der Waals surface area (Å²) >= 11 is 7.03. The van der Waals surface area contributed by atoms with Crippen LogP contribution in [0, 0.1) is 0 Å². The molecular weight excluding hydrogens is 463 g/mol. The summed E-state index contributed by atoms with van der Waals surface area (Å²) in [6.07, 6.45) is -3.73. The Balaban J connectivity index is 1.54. The maximum atomic E-state index is 12.7. The number of thioether (sulfide) groups is 1. The van der Waals surface area contributed by atoms with E-state index in [1.54, 1.807) is 12.1 Å². The Bertz CT molecular complexity index is 1010. The third kappa shape index (κ3) is 5.26. The molecule has 12 heteroatoms. The molecule has 0 aliphatic carbocycles. The van der Waals surface area contributed by atoms with Crippen molar-refractivity contribution in [1.82, 2.24) is 14.2 Å². The number of benzene rings is 1. The van der Waals surface area contributed by atoms with E-state index in [-0.39, 0.29) is 47.8 Å². The number of piperazine rings is 1. The monoisotopic (exact) mass is 479 g/mol. The lowest BCUT2D eigenvalue weighted by molar-refractivity contribution is -0.138. The Morgan fingerprint density at radius 3 is 2.33 bits per heavy atom. The summed E-state index contributed by atoms with van der Waals surface area (Å²) in [5.41, 5.74) is -0.853. The summed E-state index contributed by atoms with van der Waals surface area (Å²) < 4.78 is 64.4. The lowest BCUT2D eigenvalue weighted by Gasteiger charge is -2.34. The van der Waals surface area contributed by atoms with Gasteiger partial charge in [0.2, 0.25) is 15.9 Å². The highest BCUT2D eigenvalue weighted by Crippen LogP contribution is 2.30. The number of nitrogens with zero attached hydrogens (tertiary/aromatic N) is 3. The van der Waals surface area contributed by atoms with Gasteiger partial charge in [-0.2, -0.15) is 17.5 Å². The van der Waals surface area contributed by atoms with Crippen molar-refractivity contribution in [2.75, 3.05) is 31.9 Å². The van der Waals surface area contributed by atoms with Crippen LogP contribution < -0.4 is 0 Å². The van der Waals surface area contributed by atoms with Crippen molar-refractivity contribution < 1.29 is 26.4 Å². The number of hydrogen-bond donors (Lipinski definition) is 0. The summed E-state index contributed by atoms with van der Waals surface area (Å²) in [5, 5.41) is 0.438. The minimum absolute atomic E-state index is 0.00434. The first-order chi connectivity index (χ1) is 14.1. The third-order valence-corrected chi connectivity index (χ3v) is 7.78. The number of rotatable bonds is 5. The van der Waals surface area contributed by atoms with E-state index >= 15 is 0 Å². The fourth-order valence-electron chi connectivity index (χ4n) is 2.83. The Morgan fingerprint density at radius 2 is 1.77 bits per heavy atom. The number of sulfonamides is 1. The highest BCUT2D eigenvalue weighted by Gasteiger charge is 2.32. The van der Waals surface area contributed by atoms with Gasteiger partial charge in [-0.05, 0) is 24.3 Å². The predicted octanol–water partition coefficient (Wildman–Crippen LogP) is 3.38. The van der Waals surface area contributed by atoms with Crippen LogP contribution in [0.4, 0.5) is 13.2 Å². The van der Waals surface area contributed by atoms with Crippen molar-refractivity contribution in [2.45, 2.75) is 16.1 Å². The van der Waals surface area contributed by atoms with Gasteiger partial charge in [0.15, 0.2) is 0 Å². The van der Waals surface area contributed by atoms with E-state index in [0.717, 1.165) is 24.0 Å². The molecule has 1 aliphatic heterocycles. The molecular formula is C18H17ClF3N3O3S2. The predicted molar refractivity (Wildman–Crippen MR) is 107 cm³/mol. The van der Waals surface area contributed by atoms with E-state index in [4.69, 9.17) is 11.6 Å². The zero-order valence-corrected chi connectivity index (χ0v) is 17.9. The van der Waals surface area contributed by atoms with Crippen molar-refractivity contribution in [2.24, 2.45) is 0 Å². The molecule has 162 valence electrons. The summed E-state index contributed by atoms with van der Waals surface area (Å²) in [6.45, 7) is 0.679. The molecule has 2 aromatic rings. The van der Waals surface area contributed by atoms with Gasteiger partial charge >= 0.3 is 6.18 Å². The number of carbonyl (C=O) groups is 1. The van der Waals surface area contributed by atoms with E-state index < -0.39 is 21.8 Å². The second-order valence-corrected chi connectivity index (χ2v) is 9.70. The second kappa shape index (κ2) is 9.13. The second-order valence-electron chi connectivity index (χ2n) is 6.39. The molecule has 0 radical (unpaired) electrons. The van der Waals surface area contributed by atoms with Crippen LogP contribution in [0.15, 0.2) is 52.5 Å². The molecule has 0 atom stereocenters. The summed E-state index contributed by atoms with van der Waals surface area (Å²) in [4.78, 5) is 17.7. The van der Waals surface area contributed by atoms with Crippen molar-refractivity contribution in [3.63, 3.8) is 0 Å². The fourth-order valence-corrected chi connectivity index (χ4v) is 5.49. The third-order valence-electron chi connectivity index (χ3n) is 4.45. The molecule has 0 spiro atoms. The topological polar surface area (TPSA) is 70.6 Å². The van der Waals surface area contributed by atoms with Gasteiger partial charge in [0.05, 0.1) is 21.4 Å². The molecule has 2 heterocycles. The largest absolute Gasteiger partial charge is 0.417 e. The van der Waals surface area contributed by atoms with Crippen LogP contribution in [0.25, 0.3) is 0 Å². The van der Waals surface area contributed by atoms with Gasteiger partial charge in [0.1, 0.15) is 4.90 Å². The number of pyridine rings is 1. The van der Waals surface area contributed by atoms with Crippen molar-refractivity contribution in [3.05, 3.63) is 53.2 Å². The Hall–Kier alpha value is -1.82. The van der Waals surface area contributed by atoms with Crippen LogP contribution in [0.5, 0.6) is 0 Å². The SMILES string of the molecule is O=C(CSc1ccc(C(F)(F)F)cn1)N1CCN(S(=O)(=O)c2ccccc2Cl)CC1. The standard InChI is InChI=1S/C18H17ClF3N3O3S2/c19-14-3-1-2-4-15(14)30(27,28)25-9-7-24(8-10-25)17(26)12-29-16-6-5-13(11-23-16)18(20,21)22/h1-6,11H,7-10,12H2. The molecule has 0 saturated carbocycles. The normalized spacial score (nSPS) is 15.9. The van der Waals surface area contributed by atoms with E-state index in [2.05, 4.69) is 4.98 Å². The van der Waals surface area contributed by atoms with E-state index in [0.29, 0.717) is 5.03 Å². The van der Waals surface area contributed by atoms with Crippen molar-refractivity contribution >= 4 is 39.3 Å². The Kier molecular flexibility index (Phi) is 6.95. The molecule has 0 bridgehead atoms. The summed E-state index contributed by atoms with van der Waals surface area (Å²) in [5.74, 6) is -0.244. The summed E-state index contributed by atoms with van der Waals surface area (Å²) in [7, 11) is -3.76. The first kappa shape index (κ1) is 22.9. The van der Waals surface area contributed by atoms with Crippen LogP contribution >= 0.6 is 23.4 Å². The molecule has 3 rings (SSSR count). The van der Waals surface area contributed by atoms with Crippen molar-refractivity contribution in [1.29, 1.82) is 0 Å². The van der Waals surface area contributed by atoms with Gasteiger partial charge in [0.25, 0.3) is 0 Å². The molecule has 6 nitrogen and oxygen atoms in total. The van der Waals surface area contributed by atoms with Crippen molar-refractivity contribution in [3.8, 4) is 0 Å². The van der Waals surface area contributed by atoms with Gasteiger partial charge in [-0.1, -0.05) is 35.5 Å². The van der Waals surface area contributed by atoms with Gasteiger partial charge in [-0.25, -0.2) is 13.4 Å². The molecule has 1 aromatic heterocycles. The smallest absolute Gasteiger partial charge is 0.339 e. The molecule has 1 aromatic carbocycles. The lowest BCUT2D eigenvalue weighted by atomic mass is 10.3. The maximum absolute atomic E-state index is 12.7. The highest BCUT2D eigenvalue weighted by molar-refractivity contribution is 7.99. The van der Waals surface area contributed by atoms with E-state index in [1.807, 2.05) is 0 Å². The molecule has 0 unspecified atom stereocenters. The van der Waals surface area contributed by atoms with Crippen LogP contribution in [0.3, 0.4) is 0 Å². The van der Waals surface area contributed by atoms with E-state index in [9.17, 15) is 26.4 Å². The van der Waals surface area contributed by atoms with Gasteiger partial charge in [-0.3, -0.25) is 4.79 Å². The number of hydrogen-bond acceptors (Lipinski definition) is 5. The number of carbonyl (C=O) groups excluding carboxylic acids is 1. The first-order valence-electron chi connectivity index (χ1n) is 8.77. The minimum Gasteiger partial charge on any atom is -0.339 e. The molecule has 1 amide bonds. The fraction of sp³-hybridized carbons (Fsp3) is 0.333. The molecule has 0 N–H and O–H groups in total. The van der Waals surface area contributed by atoms with Crippen LogP contribution in [0.1, 0.15) is 5.56 Å². The average molecular weight is 480 g/mol. The van der Waals surface area contributed by atoms with Crippen LogP contribution in [-0.2, 0) is 21.0 Å². The number of aromatic nitrogens is 1. The zero-order valence-electron chi connectivity index (χ0n) is 15.5. The first-order valence-corrected chi connectivity index (χ1v) is 11.6. The lowest BCUT2D eigenvalue weighted by Crippen LogP contribution is -2.51. The van der Waals surface area contributed by atoms with E-state index in [1.165, 1.54) is 27.4 Å². The number of alkyl halides is 3.